The van der Waals surface area contributed by atoms with Gasteiger partial charge < -0.3 is 36.9 Å². The quantitative estimate of drug-likeness (QED) is 0.173. The number of carbonyl (C=O) groups excluding carboxylic acids is 3. The fourth-order valence-corrected chi connectivity index (χ4v) is 2.83. The number of hydrogen-bond donors (Lipinski definition) is 7. The van der Waals surface area contributed by atoms with Crippen LogP contribution in [0.1, 0.15) is 19.0 Å². The molecule has 0 radical (unpaired) electrons. The Morgan fingerprint density at radius 2 is 1.73 bits per heavy atom. The van der Waals surface area contributed by atoms with Gasteiger partial charge in [0.15, 0.2) is 0 Å². The van der Waals surface area contributed by atoms with Crippen molar-refractivity contribution >= 4 is 35.5 Å². The number of H-pyrrole nitrogens is 1. The molecule has 0 fully saturated rings. The Bertz CT molecular complexity index is 714. The third kappa shape index (κ3) is 8.39. The molecule has 1 aromatic heterocycles. The molecule has 8 N–H and O–H groups in total. The van der Waals surface area contributed by atoms with Crippen molar-refractivity contribution in [2.24, 2.45) is 5.73 Å². The first-order valence-electron chi connectivity index (χ1n) is 9.16. The molecule has 13 heteroatoms. The number of carbonyl (C=O) groups is 4. The lowest BCUT2D eigenvalue weighted by molar-refractivity contribution is -0.142. The highest BCUT2D eigenvalue weighted by molar-refractivity contribution is 7.98. The van der Waals surface area contributed by atoms with Crippen LogP contribution in [0, 0.1) is 0 Å². The van der Waals surface area contributed by atoms with Crippen molar-refractivity contribution in [2.75, 3.05) is 18.6 Å². The number of rotatable bonds is 13. The van der Waals surface area contributed by atoms with Crippen molar-refractivity contribution in [1.29, 1.82) is 0 Å². The van der Waals surface area contributed by atoms with Crippen LogP contribution >= 0.6 is 11.8 Å². The average molecular weight is 445 g/mol. The fourth-order valence-electron chi connectivity index (χ4n) is 2.36. The molecule has 12 nitrogen and oxygen atoms in total. The van der Waals surface area contributed by atoms with Gasteiger partial charge in [-0.3, -0.25) is 14.4 Å². The third-order valence-electron chi connectivity index (χ3n) is 4.07. The fraction of sp³-hybridized carbons (Fsp3) is 0.588. The predicted octanol–water partition coefficient (Wildman–Crippen LogP) is -2.42. The zero-order valence-corrected chi connectivity index (χ0v) is 17.6. The van der Waals surface area contributed by atoms with E-state index in [1.54, 1.807) is 0 Å². The molecular formula is C17H28N6O6S. The van der Waals surface area contributed by atoms with Crippen LogP contribution < -0.4 is 21.7 Å². The van der Waals surface area contributed by atoms with Gasteiger partial charge in [0.2, 0.25) is 17.7 Å². The van der Waals surface area contributed by atoms with E-state index in [1.165, 1.54) is 31.2 Å². The lowest BCUT2D eigenvalue weighted by atomic mass is 10.1. The lowest BCUT2D eigenvalue weighted by Gasteiger charge is -2.24. The standard InChI is InChI=1S/C17H28N6O6S/c1-9(18)14(25)23-13(7-24)16(27)21-11(3-4-30-2)15(26)22-12(17(28)29)5-10-6-19-8-20-10/h6,8-9,11-13,24H,3-5,7,18H2,1-2H3,(H,19,20)(H,21,27)(H,22,26)(H,23,25)(H,28,29). The molecule has 4 atom stereocenters. The van der Waals surface area contributed by atoms with Crippen LogP contribution in [0.3, 0.4) is 0 Å². The van der Waals surface area contributed by atoms with Crippen molar-refractivity contribution < 1.29 is 29.4 Å². The van der Waals surface area contributed by atoms with Gasteiger partial charge in [-0.2, -0.15) is 11.8 Å². The first-order chi connectivity index (χ1) is 14.2. The van der Waals surface area contributed by atoms with E-state index >= 15 is 0 Å². The molecule has 0 aliphatic rings. The molecule has 168 valence electrons. The number of aromatic amines is 1. The second kappa shape index (κ2) is 12.8. The number of thioether (sulfide) groups is 1. The second-order valence-electron chi connectivity index (χ2n) is 6.56. The number of imidazole rings is 1. The van der Waals surface area contributed by atoms with E-state index in [0.717, 1.165) is 0 Å². The molecule has 4 unspecified atom stereocenters. The highest BCUT2D eigenvalue weighted by Crippen LogP contribution is 2.05. The Morgan fingerprint density at radius 3 is 2.23 bits per heavy atom. The Labute approximate surface area is 177 Å². The molecule has 0 aliphatic carbocycles. The molecule has 1 aromatic rings. The molecule has 0 aromatic carbocycles. The number of nitrogens with two attached hydrogens (primary N) is 1. The van der Waals surface area contributed by atoms with E-state index in [9.17, 15) is 29.4 Å². The Kier molecular flexibility index (Phi) is 10.9. The van der Waals surface area contributed by atoms with E-state index in [-0.39, 0.29) is 12.8 Å². The molecule has 30 heavy (non-hydrogen) atoms. The summed E-state index contributed by atoms with van der Waals surface area (Å²) in [4.78, 5) is 54.9. The monoisotopic (exact) mass is 444 g/mol. The topological polar surface area (TPSA) is 200 Å². The van der Waals surface area contributed by atoms with Crippen LogP contribution in [-0.4, -0.2) is 86.7 Å². The summed E-state index contributed by atoms with van der Waals surface area (Å²) >= 11 is 1.44. The number of aliphatic carboxylic acids is 1. The number of aliphatic hydroxyl groups excluding tert-OH is 1. The number of amides is 3. The van der Waals surface area contributed by atoms with Gasteiger partial charge in [0.25, 0.3) is 0 Å². The highest BCUT2D eigenvalue weighted by atomic mass is 32.2. The van der Waals surface area contributed by atoms with Gasteiger partial charge in [0.1, 0.15) is 18.1 Å². The number of nitrogens with zero attached hydrogens (tertiary/aromatic N) is 1. The van der Waals surface area contributed by atoms with Crippen molar-refractivity contribution in [2.45, 2.75) is 43.9 Å². The molecular weight excluding hydrogens is 416 g/mol. The number of aliphatic hydroxyl groups is 1. The summed E-state index contributed by atoms with van der Waals surface area (Å²) in [6, 6.07) is -4.48. The molecule has 0 saturated carbocycles. The maximum Gasteiger partial charge on any atom is 0.326 e. The van der Waals surface area contributed by atoms with Crippen LogP contribution in [-0.2, 0) is 25.6 Å². The number of nitrogens with one attached hydrogen (secondary N) is 4. The first kappa shape index (κ1) is 25.4. The van der Waals surface area contributed by atoms with Gasteiger partial charge in [-0.25, -0.2) is 9.78 Å². The average Bonchev–Trinajstić information content (AvgIpc) is 3.21. The van der Waals surface area contributed by atoms with E-state index in [0.29, 0.717) is 11.4 Å². The minimum absolute atomic E-state index is 0.0199. The lowest BCUT2D eigenvalue weighted by Crippen LogP contribution is -2.58. The van der Waals surface area contributed by atoms with Crippen molar-refractivity contribution in [1.82, 2.24) is 25.9 Å². The van der Waals surface area contributed by atoms with Crippen LogP contribution in [0.15, 0.2) is 12.5 Å². The molecule has 0 saturated heterocycles. The smallest absolute Gasteiger partial charge is 0.326 e. The van der Waals surface area contributed by atoms with Crippen molar-refractivity contribution in [3.05, 3.63) is 18.2 Å². The normalized spacial score (nSPS) is 14.8. The maximum atomic E-state index is 12.7. The number of carboxylic acid groups (broad SMARTS) is 1. The molecule has 0 spiro atoms. The van der Waals surface area contributed by atoms with E-state index in [4.69, 9.17) is 5.73 Å². The minimum atomic E-state index is -1.30. The van der Waals surface area contributed by atoms with Crippen molar-refractivity contribution in [3.63, 3.8) is 0 Å². The highest BCUT2D eigenvalue weighted by Gasteiger charge is 2.29. The predicted molar refractivity (Wildman–Crippen MR) is 109 cm³/mol. The van der Waals surface area contributed by atoms with Crippen LogP contribution in [0.2, 0.25) is 0 Å². The zero-order chi connectivity index (χ0) is 22.7. The summed E-state index contributed by atoms with van der Waals surface area (Å²) in [6.07, 6.45) is 4.85. The summed E-state index contributed by atoms with van der Waals surface area (Å²) in [5.74, 6) is -2.86. The van der Waals surface area contributed by atoms with Crippen molar-refractivity contribution in [3.8, 4) is 0 Å². The second-order valence-corrected chi connectivity index (χ2v) is 7.54. The van der Waals surface area contributed by atoms with Gasteiger partial charge in [-0.15, -0.1) is 0 Å². The molecule has 3 amide bonds. The van der Waals surface area contributed by atoms with Gasteiger partial charge >= 0.3 is 5.97 Å². The minimum Gasteiger partial charge on any atom is -0.480 e. The summed E-state index contributed by atoms with van der Waals surface area (Å²) in [7, 11) is 0. The molecule has 1 rings (SSSR count). The Hall–Kier alpha value is -2.64. The summed E-state index contributed by atoms with van der Waals surface area (Å²) in [6.45, 7) is 0.723. The van der Waals surface area contributed by atoms with Gasteiger partial charge in [0.05, 0.1) is 19.0 Å². The summed E-state index contributed by atoms with van der Waals surface area (Å²) in [5.41, 5.74) is 5.96. The van der Waals surface area contributed by atoms with Gasteiger partial charge in [-0.1, -0.05) is 0 Å². The van der Waals surface area contributed by atoms with E-state index < -0.39 is 54.5 Å². The Balaban J connectivity index is 2.84. The SMILES string of the molecule is CSCCC(NC(=O)C(CO)NC(=O)C(C)N)C(=O)NC(Cc1cnc[nH]1)C(=O)O. The van der Waals surface area contributed by atoms with E-state index in [1.807, 2.05) is 6.26 Å². The van der Waals surface area contributed by atoms with Gasteiger partial charge in [-0.05, 0) is 25.4 Å². The third-order valence-corrected chi connectivity index (χ3v) is 4.71. The first-order valence-corrected chi connectivity index (χ1v) is 10.6. The number of carboxylic acids is 1. The zero-order valence-electron chi connectivity index (χ0n) is 16.8. The maximum absolute atomic E-state index is 12.7. The van der Waals surface area contributed by atoms with E-state index in [2.05, 4.69) is 25.9 Å². The molecule has 0 bridgehead atoms. The molecule has 1 heterocycles. The van der Waals surface area contributed by atoms with Crippen LogP contribution in [0.4, 0.5) is 0 Å². The number of hydrogen-bond acceptors (Lipinski definition) is 8. The largest absolute Gasteiger partial charge is 0.480 e. The summed E-state index contributed by atoms with van der Waals surface area (Å²) in [5, 5.41) is 26.0. The summed E-state index contributed by atoms with van der Waals surface area (Å²) < 4.78 is 0. The Morgan fingerprint density at radius 1 is 1.13 bits per heavy atom. The van der Waals surface area contributed by atoms with Gasteiger partial charge in [0, 0.05) is 18.3 Å². The molecule has 0 aliphatic heterocycles. The van der Waals surface area contributed by atoms with Crippen LogP contribution in [0.5, 0.6) is 0 Å². The van der Waals surface area contributed by atoms with Crippen LogP contribution in [0.25, 0.3) is 0 Å². The number of aromatic nitrogens is 2.